The number of aromatic nitrogens is 3. The van der Waals surface area contributed by atoms with Crippen LogP contribution in [0.5, 0.6) is 0 Å². The Morgan fingerprint density at radius 1 is 1.19 bits per heavy atom. The Balaban J connectivity index is 1.23. The Hall–Kier alpha value is -2.31. The molecular formula is C20H24F2N4O. The zero-order chi connectivity index (χ0) is 18.8. The summed E-state index contributed by atoms with van der Waals surface area (Å²) in [5.74, 6) is 0.222. The third kappa shape index (κ3) is 4.01. The number of aryl methyl sites for hydroxylation is 2. The van der Waals surface area contributed by atoms with Gasteiger partial charge in [0.1, 0.15) is 11.6 Å². The van der Waals surface area contributed by atoms with Gasteiger partial charge >= 0.3 is 0 Å². The van der Waals surface area contributed by atoms with E-state index in [1.54, 1.807) is 6.07 Å². The van der Waals surface area contributed by atoms with Crippen LogP contribution in [0.4, 0.5) is 8.78 Å². The average Bonchev–Trinajstić information content (AvgIpc) is 3.42. The van der Waals surface area contributed by atoms with Crippen LogP contribution in [0.2, 0.25) is 0 Å². The highest BCUT2D eigenvalue weighted by Crippen LogP contribution is 2.47. The molecule has 2 unspecified atom stereocenters. The number of carbonyl (C=O) groups excluding carboxylic acids is 1. The summed E-state index contributed by atoms with van der Waals surface area (Å²) in [7, 11) is 0. The molecule has 2 aromatic rings. The molecule has 144 valence electrons. The predicted molar refractivity (Wildman–Crippen MR) is 96.1 cm³/mol. The predicted octanol–water partition coefficient (Wildman–Crippen LogP) is 3.14. The van der Waals surface area contributed by atoms with Gasteiger partial charge in [-0.3, -0.25) is 4.79 Å². The van der Waals surface area contributed by atoms with Gasteiger partial charge in [0.25, 0.3) is 0 Å². The van der Waals surface area contributed by atoms with E-state index >= 15 is 0 Å². The molecule has 2 atom stereocenters. The Labute approximate surface area is 157 Å². The van der Waals surface area contributed by atoms with E-state index in [0.29, 0.717) is 18.5 Å². The molecule has 1 aromatic heterocycles. The van der Waals surface area contributed by atoms with Gasteiger partial charge in [-0.15, -0.1) is 10.2 Å². The first-order valence-electron chi connectivity index (χ1n) is 9.77. The number of hydrogen-bond acceptors (Lipinski definition) is 3. The maximum Gasteiger partial charge on any atom is 0.223 e. The summed E-state index contributed by atoms with van der Waals surface area (Å²) in [4.78, 5) is 12.3. The Kier molecular flexibility index (Phi) is 5.18. The second-order valence-electron chi connectivity index (χ2n) is 7.51. The fraction of sp³-hybridized carbons (Fsp3) is 0.550. The number of amides is 1. The molecule has 1 N–H and O–H groups in total. The van der Waals surface area contributed by atoms with Crippen LogP contribution in [0.3, 0.4) is 0 Å². The van der Waals surface area contributed by atoms with Gasteiger partial charge in [0, 0.05) is 31.8 Å². The van der Waals surface area contributed by atoms with Gasteiger partial charge in [0.05, 0.1) is 0 Å². The van der Waals surface area contributed by atoms with Crippen LogP contribution >= 0.6 is 0 Å². The van der Waals surface area contributed by atoms with Crippen LogP contribution in [-0.2, 0) is 24.2 Å². The van der Waals surface area contributed by atoms with Crippen LogP contribution in [-0.4, -0.2) is 27.2 Å². The quantitative estimate of drug-likeness (QED) is 0.791. The lowest BCUT2D eigenvalue weighted by molar-refractivity contribution is -0.122. The third-order valence-corrected chi connectivity index (χ3v) is 5.56. The molecule has 1 aromatic carbocycles. The average molecular weight is 374 g/mol. The minimum absolute atomic E-state index is 0.00707. The molecular weight excluding hydrogens is 350 g/mol. The van der Waals surface area contributed by atoms with Crippen molar-refractivity contribution in [2.24, 2.45) is 5.92 Å². The number of hydrogen-bond donors (Lipinski definition) is 1. The maximum absolute atomic E-state index is 13.3. The summed E-state index contributed by atoms with van der Waals surface area (Å²) in [6.07, 6.45) is 6.87. The van der Waals surface area contributed by atoms with Crippen molar-refractivity contribution in [1.82, 2.24) is 20.1 Å². The first-order chi connectivity index (χ1) is 13.1. The summed E-state index contributed by atoms with van der Waals surface area (Å²) < 4.78 is 28.6. The molecule has 0 spiro atoms. The van der Waals surface area contributed by atoms with Crippen molar-refractivity contribution in [3.8, 4) is 0 Å². The number of benzene rings is 1. The number of carbonyl (C=O) groups is 1. The zero-order valence-electron chi connectivity index (χ0n) is 15.3. The first kappa shape index (κ1) is 18.1. The van der Waals surface area contributed by atoms with Gasteiger partial charge in [0.2, 0.25) is 5.91 Å². The van der Waals surface area contributed by atoms with Gasteiger partial charge < -0.3 is 9.88 Å². The number of rotatable bonds is 6. The van der Waals surface area contributed by atoms with Crippen LogP contribution in [0.15, 0.2) is 18.2 Å². The van der Waals surface area contributed by atoms with Gasteiger partial charge in [-0.2, -0.15) is 0 Å². The van der Waals surface area contributed by atoms with E-state index in [0.717, 1.165) is 43.5 Å². The monoisotopic (exact) mass is 374 g/mol. The lowest BCUT2D eigenvalue weighted by atomic mass is 10.1. The molecule has 0 radical (unpaired) electrons. The normalized spacial score (nSPS) is 21.4. The van der Waals surface area contributed by atoms with E-state index in [2.05, 4.69) is 20.1 Å². The van der Waals surface area contributed by atoms with Crippen LogP contribution < -0.4 is 5.32 Å². The molecule has 7 heteroatoms. The number of nitrogens with one attached hydrogen (secondary N) is 1. The first-order valence-corrected chi connectivity index (χ1v) is 9.77. The van der Waals surface area contributed by atoms with E-state index in [9.17, 15) is 13.6 Å². The Morgan fingerprint density at radius 2 is 2.07 bits per heavy atom. The van der Waals surface area contributed by atoms with E-state index in [1.807, 2.05) is 0 Å². The van der Waals surface area contributed by atoms with E-state index in [-0.39, 0.29) is 17.7 Å². The third-order valence-electron chi connectivity index (χ3n) is 5.56. The van der Waals surface area contributed by atoms with Gasteiger partial charge in [0.15, 0.2) is 11.6 Å². The van der Waals surface area contributed by atoms with Crippen molar-refractivity contribution < 1.29 is 13.6 Å². The minimum atomic E-state index is -0.856. The van der Waals surface area contributed by atoms with E-state index in [1.165, 1.54) is 25.3 Å². The summed E-state index contributed by atoms with van der Waals surface area (Å²) in [6.45, 7) is 1.57. The molecule has 0 saturated heterocycles. The smallest absolute Gasteiger partial charge is 0.223 e. The van der Waals surface area contributed by atoms with Crippen LogP contribution in [0.25, 0.3) is 0 Å². The highest BCUT2D eigenvalue weighted by molar-refractivity contribution is 5.82. The molecule has 1 amide bonds. The summed E-state index contributed by atoms with van der Waals surface area (Å²) in [6, 6.07) is 3.89. The van der Waals surface area contributed by atoms with Gasteiger partial charge in [-0.25, -0.2) is 8.78 Å². The lowest BCUT2D eigenvalue weighted by Crippen LogP contribution is -2.27. The highest BCUT2D eigenvalue weighted by Gasteiger charge is 2.43. The van der Waals surface area contributed by atoms with Crippen LogP contribution in [0.1, 0.15) is 55.2 Å². The van der Waals surface area contributed by atoms with Crippen molar-refractivity contribution in [2.45, 2.75) is 57.4 Å². The fourth-order valence-electron chi connectivity index (χ4n) is 3.92. The highest BCUT2D eigenvalue weighted by atomic mass is 19.2. The minimum Gasteiger partial charge on any atom is -0.356 e. The molecule has 1 aliphatic heterocycles. The molecule has 1 saturated carbocycles. The van der Waals surface area contributed by atoms with Gasteiger partial charge in [-0.05, 0) is 49.3 Å². The van der Waals surface area contributed by atoms with Crippen molar-refractivity contribution in [1.29, 1.82) is 0 Å². The van der Waals surface area contributed by atoms with Gasteiger partial charge in [-0.1, -0.05) is 12.5 Å². The fourth-order valence-corrected chi connectivity index (χ4v) is 3.92. The second-order valence-corrected chi connectivity index (χ2v) is 7.51. The number of fused-ring (bicyclic) bond motifs is 1. The molecule has 1 aliphatic carbocycles. The second kappa shape index (κ2) is 7.74. The van der Waals surface area contributed by atoms with Crippen molar-refractivity contribution in [3.63, 3.8) is 0 Å². The van der Waals surface area contributed by atoms with E-state index in [4.69, 9.17) is 0 Å². The number of halogens is 2. The Morgan fingerprint density at radius 3 is 2.93 bits per heavy atom. The molecule has 4 rings (SSSR count). The maximum atomic E-state index is 13.3. The summed E-state index contributed by atoms with van der Waals surface area (Å²) in [5, 5.41) is 11.6. The standard InChI is InChI=1S/C20H24F2N4O/c21-16-8-7-13(11-17(16)22)14-12-15(14)20(27)23-9-4-6-19-25-24-18-5-2-1-3-10-26(18)19/h7-8,11,14-15H,1-6,9-10,12H2,(H,23,27). The zero-order valence-corrected chi connectivity index (χ0v) is 15.3. The molecule has 2 aliphatic rings. The van der Waals surface area contributed by atoms with Crippen molar-refractivity contribution >= 4 is 5.91 Å². The molecule has 27 heavy (non-hydrogen) atoms. The SMILES string of the molecule is O=C(NCCCc1nnc2n1CCCCC2)C1CC1c1ccc(F)c(F)c1. The largest absolute Gasteiger partial charge is 0.356 e. The molecule has 0 bridgehead atoms. The topological polar surface area (TPSA) is 59.8 Å². The Bertz CT molecular complexity index is 835. The molecule has 1 fully saturated rings. The number of nitrogens with zero attached hydrogens (tertiary/aromatic N) is 3. The summed E-state index contributed by atoms with van der Waals surface area (Å²) >= 11 is 0. The summed E-state index contributed by atoms with van der Waals surface area (Å²) in [5.41, 5.74) is 0.695. The van der Waals surface area contributed by atoms with Crippen molar-refractivity contribution in [3.05, 3.63) is 47.0 Å². The van der Waals surface area contributed by atoms with E-state index < -0.39 is 11.6 Å². The van der Waals surface area contributed by atoms with Crippen molar-refractivity contribution in [2.75, 3.05) is 6.54 Å². The lowest BCUT2D eigenvalue weighted by Gasteiger charge is -2.08. The molecule has 5 nitrogen and oxygen atoms in total. The van der Waals surface area contributed by atoms with Crippen LogP contribution in [0, 0.1) is 17.6 Å². The molecule has 2 heterocycles.